The number of carbonyl (C=O) groups is 1. The Morgan fingerprint density at radius 3 is 2.94 bits per heavy atom. The van der Waals surface area contributed by atoms with Crippen molar-refractivity contribution in [3.63, 3.8) is 0 Å². The molecule has 0 aromatic carbocycles. The van der Waals surface area contributed by atoms with Crippen LogP contribution < -0.4 is 5.73 Å². The van der Waals surface area contributed by atoms with Crippen LogP contribution in [-0.4, -0.2) is 44.7 Å². The number of hydrogen-bond donors (Lipinski definition) is 1. The summed E-state index contributed by atoms with van der Waals surface area (Å²) < 4.78 is 1.71. The van der Waals surface area contributed by atoms with Gasteiger partial charge in [0.05, 0.1) is 11.4 Å². The number of anilines is 1. The molecule has 1 amide bonds. The van der Waals surface area contributed by atoms with Gasteiger partial charge in [-0.3, -0.25) is 9.48 Å². The smallest absolute Gasteiger partial charge is 0.274 e. The molecular weight excluding hydrogens is 248 g/mol. The van der Waals surface area contributed by atoms with E-state index in [9.17, 15) is 4.79 Å². The number of carbonyl (C=O) groups excluding carboxylic acids is 1. The average molecular weight is 268 g/mol. The van der Waals surface area contributed by atoms with Gasteiger partial charge < -0.3 is 10.6 Å². The second-order valence-corrected chi connectivity index (χ2v) is 5.74. The van der Waals surface area contributed by atoms with Crippen molar-refractivity contribution in [2.24, 2.45) is 0 Å². The highest BCUT2D eigenvalue weighted by atomic mass is 32.2. The van der Waals surface area contributed by atoms with Crippen LogP contribution in [0.15, 0.2) is 0 Å². The lowest BCUT2D eigenvalue weighted by atomic mass is 10.2. The number of nitrogens with two attached hydrogens (primary N) is 1. The van der Waals surface area contributed by atoms with Crippen molar-refractivity contribution in [1.29, 1.82) is 0 Å². The van der Waals surface area contributed by atoms with Crippen LogP contribution in [0, 0.1) is 6.92 Å². The molecule has 5 nitrogen and oxygen atoms in total. The van der Waals surface area contributed by atoms with Gasteiger partial charge in [0.1, 0.15) is 5.69 Å². The van der Waals surface area contributed by atoms with E-state index in [1.165, 1.54) is 0 Å². The summed E-state index contributed by atoms with van der Waals surface area (Å²) in [6.45, 7) is 7.35. The molecule has 1 aromatic heterocycles. The molecule has 1 aromatic rings. The van der Waals surface area contributed by atoms with Gasteiger partial charge in [0.2, 0.25) is 0 Å². The predicted octanol–water partition coefficient (Wildman–Crippen LogP) is 1.37. The van der Waals surface area contributed by atoms with Crippen molar-refractivity contribution in [3.8, 4) is 0 Å². The number of aromatic nitrogens is 2. The van der Waals surface area contributed by atoms with Crippen molar-refractivity contribution in [3.05, 3.63) is 11.4 Å². The van der Waals surface area contributed by atoms with Gasteiger partial charge in [0.25, 0.3) is 5.91 Å². The first-order valence-electron chi connectivity index (χ1n) is 6.27. The number of amides is 1. The van der Waals surface area contributed by atoms with Gasteiger partial charge in [0, 0.05) is 30.6 Å². The monoisotopic (exact) mass is 268 g/mol. The van der Waals surface area contributed by atoms with E-state index in [4.69, 9.17) is 5.73 Å². The van der Waals surface area contributed by atoms with E-state index in [1.54, 1.807) is 4.68 Å². The Labute approximate surface area is 112 Å². The molecular formula is C12H20N4OS. The minimum atomic E-state index is 0.0164. The number of nitrogens with zero attached hydrogens (tertiary/aromatic N) is 3. The zero-order valence-corrected chi connectivity index (χ0v) is 12.0. The fourth-order valence-corrected chi connectivity index (χ4v) is 3.23. The SMILES string of the molecule is CCn1nc(C)c(N)c1C(=O)N1CCSCC1C. The van der Waals surface area contributed by atoms with Crippen LogP contribution in [0.3, 0.4) is 0 Å². The number of aryl methyl sites for hydroxylation is 2. The summed E-state index contributed by atoms with van der Waals surface area (Å²) >= 11 is 1.89. The Morgan fingerprint density at radius 2 is 2.33 bits per heavy atom. The van der Waals surface area contributed by atoms with Crippen LogP contribution in [0.2, 0.25) is 0 Å². The maximum Gasteiger partial charge on any atom is 0.274 e. The number of thioether (sulfide) groups is 1. The van der Waals surface area contributed by atoms with Crippen LogP contribution in [0.4, 0.5) is 5.69 Å². The first kappa shape index (κ1) is 13.3. The fourth-order valence-electron chi connectivity index (χ4n) is 2.21. The van der Waals surface area contributed by atoms with Crippen molar-refractivity contribution in [2.45, 2.75) is 33.4 Å². The molecule has 0 bridgehead atoms. The third-order valence-electron chi connectivity index (χ3n) is 3.30. The van der Waals surface area contributed by atoms with Crippen LogP contribution in [-0.2, 0) is 6.54 Å². The summed E-state index contributed by atoms with van der Waals surface area (Å²) in [6.07, 6.45) is 0. The molecule has 0 radical (unpaired) electrons. The van der Waals surface area contributed by atoms with Crippen molar-refractivity contribution in [1.82, 2.24) is 14.7 Å². The van der Waals surface area contributed by atoms with E-state index in [1.807, 2.05) is 30.5 Å². The van der Waals surface area contributed by atoms with Gasteiger partial charge >= 0.3 is 0 Å². The Bertz CT molecular complexity index is 457. The van der Waals surface area contributed by atoms with E-state index >= 15 is 0 Å². The van der Waals surface area contributed by atoms with Gasteiger partial charge in [-0.2, -0.15) is 16.9 Å². The molecule has 2 heterocycles. The molecule has 2 N–H and O–H groups in total. The van der Waals surface area contributed by atoms with Crippen molar-refractivity contribution < 1.29 is 4.79 Å². The lowest BCUT2D eigenvalue weighted by Gasteiger charge is -2.33. The van der Waals surface area contributed by atoms with E-state index < -0.39 is 0 Å². The number of nitrogen functional groups attached to an aromatic ring is 1. The van der Waals surface area contributed by atoms with Crippen LogP contribution in [0.25, 0.3) is 0 Å². The quantitative estimate of drug-likeness (QED) is 0.880. The largest absolute Gasteiger partial charge is 0.395 e. The zero-order chi connectivity index (χ0) is 13.3. The lowest BCUT2D eigenvalue weighted by molar-refractivity contribution is 0.0704. The Hall–Kier alpha value is -1.17. The van der Waals surface area contributed by atoms with Crippen LogP contribution in [0.5, 0.6) is 0 Å². The van der Waals surface area contributed by atoms with Crippen molar-refractivity contribution in [2.75, 3.05) is 23.8 Å². The molecule has 1 saturated heterocycles. The van der Waals surface area contributed by atoms with Gasteiger partial charge in [0.15, 0.2) is 0 Å². The predicted molar refractivity (Wildman–Crippen MR) is 74.9 cm³/mol. The highest BCUT2D eigenvalue weighted by Crippen LogP contribution is 2.23. The maximum atomic E-state index is 12.6. The summed E-state index contributed by atoms with van der Waals surface area (Å²) in [5, 5.41) is 4.31. The molecule has 2 rings (SSSR count). The van der Waals surface area contributed by atoms with Crippen molar-refractivity contribution >= 4 is 23.4 Å². The number of hydrogen-bond acceptors (Lipinski definition) is 4. The van der Waals surface area contributed by atoms with E-state index in [0.29, 0.717) is 17.9 Å². The average Bonchev–Trinajstić information content (AvgIpc) is 2.65. The maximum absolute atomic E-state index is 12.6. The summed E-state index contributed by atoms with van der Waals surface area (Å²) in [7, 11) is 0. The highest BCUT2D eigenvalue weighted by Gasteiger charge is 2.29. The van der Waals surface area contributed by atoms with Gasteiger partial charge in [-0.05, 0) is 20.8 Å². The molecule has 18 heavy (non-hydrogen) atoms. The van der Waals surface area contributed by atoms with Gasteiger partial charge in [-0.1, -0.05) is 0 Å². The third kappa shape index (κ3) is 2.21. The summed E-state index contributed by atoms with van der Waals surface area (Å²) in [6, 6.07) is 0.260. The standard InChI is InChI=1S/C12H20N4OS/c1-4-16-11(10(13)9(3)14-16)12(17)15-5-6-18-7-8(15)2/h8H,4-7,13H2,1-3H3. The molecule has 1 atom stereocenters. The minimum absolute atomic E-state index is 0.0164. The minimum Gasteiger partial charge on any atom is -0.395 e. The molecule has 100 valence electrons. The molecule has 1 aliphatic heterocycles. The van der Waals surface area contributed by atoms with E-state index in [2.05, 4.69) is 12.0 Å². The summed E-state index contributed by atoms with van der Waals surface area (Å²) in [5.41, 5.74) is 7.80. The first-order chi connectivity index (χ1) is 8.56. The topological polar surface area (TPSA) is 64.2 Å². The Kier molecular flexibility index (Phi) is 3.85. The third-order valence-corrected chi connectivity index (χ3v) is 4.49. The first-order valence-corrected chi connectivity index (χ1v) is 7.43. The molecule has 6 heteroatoms. The molecule has 0 aliphatic carbocycles. The second-order valence-electron chi connectivity index (χ2n) is 4.59. The fraction of sp³-hybridized carbons (Fsp3) is 0.667. The summed E-state index contributed by atoms with van der Waals surface area (Å²) in [4.78, 5) is 14.5. The second kappa shape index (κ2) is 5.22. The molecule has 0 spiro atoms. The van der Waals surface area contributed by atoms with Crippen LogP contribution in [0.1, 0.15) is 30.0 Å². The molecule has 1 fully saturated rings. The Balaban J connectivity index is 2.33. The molecule has 1 unspecified atom stereocenters. The lowest BCUT2D eigenvalue weighted by Crippen LogP contribution is -2.45. The van der Waals surface area contributed by atoms with E-state index in [0.717, 1.165) is 23.7 Å². The zero-order valence-electron chi connectivity index (χ0n) is 11.1. The molecule has 1 aliphatic rings. The van der Waals surface area contributed by atoms with Crippen LogP contribution >= 0.6 is 11.8 Å². The Morgan fingerprint density at radius 1 is 1.61 bits per heavy atom. The van der Waals surface area contributed by atoms with E-state index in [-0.39, 0.29) is 11.9 Å². The summed E-state index contributed by atoms with van der Waals surface area (Å²) in [5.74, 6) is 2.00. The normalized spacial score (nSPS) is 20.2. The highest BCUT2D eigenvalue weighted by molar-refractivity contribution is 7.99. The number of rotatable bonds is 2. The molecule has 0 saturated carbocycles. The van der Waals surface area contributed by atoms with Gasteiger partial charge in [-0.25, -0.2) is 0 Å². The van der Waals surface area contributed by atoms with Gasteiger partial charge in [-0.15, -0.1) is 0 Å².